The molecule has 1 amide bonds. The fraction of sp³-hybridized carbons (Fsp3) is 0.143. The summed E-state index contributed by atoms with van der Waals surface area (Å²) in [5.41, 5.74) is 1.37. The first-order valence-corrected chi connectivity index (χ1v) is 10.1. The van der Waals surface area contributed by atoms with Crippen LogP contribution in [0.25, 0.3) is 6.08 Å². The average molecular weight is 449 g/mol. The molecule has 0 aliphatic carbocycles. The second kappa shape index (κ2) is 9.39. The van der Waals surface area contributed by atoms with E-state index in [4.69, 9.17) is 32.7 Å². The van der Waals surface area contributed by atoms with Gasteiger partial charge in [0.2, 0.25) is 0 Å². The summed E-state index contributed by atoms with van der Waals surface area (Å²) in [6.07, 6.45) is 3.43. The third kappa shape index (κ3) is 4.78. The van der Waals surface area contributed by atoms with Gasteiger partial charge in [-0.2, -0.15) is 0 Å². The van der Waals surface area contributed by atoms with Gasteiger partial charge in [-0.3, -0.25) is 9.69 Å². The van der Waals surface area contributed by atoms with Crippen LogP contribution in [0.4, 0.5) is 5.69 Å². The number of ether oxygens (including phenoxy) is 2. The highest BCUT2D eigenvalue weighted by atomic mass is 35.5. The molecule has 0 bridgehead atoms. The van der Waals surface area contributed by atoms with E-state index in [0.29, 0.717) is 43.8 Å². The van der Waals surface area contributed by atoms with Gasteiger partial charge in [0.15, 0.2) is 5.17 Å². The molecule has 1 fully saturated rings. The molecule has 5 nitrogen and oxygen atoms in total. The van der Waals surface area contributed by atoms with E-state index in [1.54, 1.807) is 55.5 Å². The number of thioether (sulfide) groups is 1. The molecule has 0 unspecified atom stereocenters. The van der Waals surface area contributed by atoms with Gasteiger partial charge in [-0.15, -0.1) is 6.58 Å². The Labute approximate surface area is 183 Å². The number of carbonyl (C=O) groups excluding carboxylic acids is 1. The van der Waals surface area contributed by atoms with E-state index in [-0.39, 0.29) is 5.91 Å². The molecule has 1 heterocycles. The van der Waals surface area contributed by atoms with Crippen LogP contribution in [0.5, 0.6) is 11.5 Å². The minimum Gasteiger partial charge on any atom is -0.497 e. The number of amides is 1. The van der Waals surface area contributed by atoms with Gasteiger partial charge in [-0.1, -0.05) is 29.3 Å². The third-order valence-electron chi connectivity index (χ3n) is 4.05. The van der Waals surface area contributed by atoms with Crippen molar-refractivity contribution >= 4 is 57.8 Å². The summed E-state index contributed by atoms with van der Waals surface area (Å²) < 4.78 is 10.6. The van der Waals surface area contributed by atoms with E-state index < -0.39 is 0 Å². The van der Waals surface area contributed by atoms with Crippen molar-refractivity contribution in [2.24, 2.45) is 4.99 Å². The van der Waals surface area contributed by atoms with Crippen LogP contribution in [0.2, 0.25) is 10.0 Å². The molecule has 1 saturated heterocycles. The number of methoxy groups -OCH3 is 2. The minimum absolute atomic E-state index is 0.161. The van der Waals surface area contributed by atoms with Crippen molar-refractivity contribution in [3.63, 3.8) is 0 Å². The molecule has 2 aromatic carbocycles. The molecule has 0 radical (unpaired) electrons. The fourth-order valence-electron chi connectivity index (χ4n) is 2.63. The lowest BCUT2D eigenvalue weighted by molar-refractivity contribution is -0.121. The largest absolute Gasteiger partial charge is 0.497 e. The Kier molecular flexibility index (Phi) is 6.90. The minimum atomic E-state index is -0.161. The van der Waals surface area contributed by atoms with Crippen molar-refractivity contribution in [1.82, 2.24) is 4.90 Å². The number of hydrogen-bond acceptors (Lipinski definition) is 5. The first-order valence-electron chi connectivity index (χ1n) is 8.55. The smallest absolute Gasteiger partial charge is 0.267 e. The standard InChI is InChI=1S/C21H18Cl2N2O3S/c1-4-9-25-20(26)19(10-13-5-7-15(27-2)12-18(13)28-3)29-21(25)24-14-6-8-16(22)17(23)11-14/h4-8,10-12H,1,9H2,2-3H3/b19-10-,24-21?. The van der Waals surface area contributed by atoms with Crippen LogP contribution >= 0.6 is 35.0 Å². The zero-order chi connectivity index (χ0) is 21.0. The number of carbonyl (C=O) groups is 1. The summed E-state index contributed by atoms with van der Waals surface area (Å²) in [4.78, 5) is 19.6. The van der Waals surface area contributed by atoms with Crippen LogP contribution in [0, 0.1) is 0 Å². The van der Waals surface area contributed by atoms with Crippen molar-refractivity contribution < 1.29 is 14.3 Å². The predicted octanol–water partition coefficient (Wildman–Crippen LogP) is 5.80. The molecule has 1 aliphatic heterocycles. The van der Waals surface area contributed by atoms with Crippen molar-refractivity contribution in [3.05, 3.63) is 69.6 Å². The highest BCUT2D eigenvalue weighted by Crippen LogP contribution is 2.37. The summed E-state index contributed by atoms with van der Waals surface area (Å²) in [6.45, 7) is 4.07. The van der Waals surface area contributed by atoms with E-state index in [9.17, 15) is 4.79 Å². The maximum Gasteiger partial charge on any atom is 0.267 e. The lowest BCUT2D eigenvalue weighted by Crippen LogP contribution is -2.29. The molecule has 0 spiro atoms. The maximum atomic E-state index is 12.9. The Morgan fingerprint density at radius 2 is 1.93 bits per heavy atom. The number of halogens is 2. The lowest BCUT2D eigenvalue weighted by atomic mass is 10.1. The Morgan fingerprint density at radius 3 is 2.59 bits per heavy atom. The third-order valence-corrected chi connectivity index (χ3v) is 5.80. The number of nitrogens with zero attached hydrogens (tertiary/aromatic N) is 2. The summed E-state index contributed by atoms with van der Waals surface area (Å²) >= 11 is 13.3. The van der Waals surface area contributed by atoms with E-state index in [0.717, 1.165) is 5.56 Å². The molecule has 8 heteroatoms. The molecule has 150 valence electrons. The summed E-state index contributed by atoms with van der Waals surface area (Å²) in [5, 5.41) is 1.38. The number of amidine groups is 1. The van der Waals surface area contributed by atoms with Gasteiger partial charge in [0.05, 0.1) is 34.9 Å². The molecular weight excluding hydrogens is 431 g/mol. The van der Waals surface area contributed by atoms with E-state index in [2.05, 4.69) is 11.6 Å². The van der Waals surface area contributed by atoms with E-state index in [1.165, 1.54) is 11.8 Å². The van der Waals surface area contributed by atoms with Gasteiger partial charge in [-0.05, 0) is 48.2 Å². The van der Waals surface area contributed by atoms with Crippen LogP contribution in [-0.2, 0) is 4.79 Å². The second-order valence-electron chi connectivity index (χ2n) is 5.92. The normalized spacial score (nSPS) is 16.6. The van der Waals surface area contributed by atoms with Gasteiger partial charge in [-0.25, -0.2) is 4.99 Å². The fourth-order valence-corrected chi connectivity index (χ4v) is 3.92. The van der Waals surface area contributed by atoms with Gasteiger partial charge < -0.3 is 9.47 Å². The molecule has 0 aromatic heterocycles. The average Bonchev–Trinajstić information content (AvgIpc) is 3.00. The maximum absolute atomic E-state index is 12.9. The quantitative estimate of drug-likeness (QED) is 0.413. The molecule has 29 heavy (non-hydrogen) atoms. The first kappa shape index (κ1) is 21.3. The SMILES string of the molecule is C=CCN1C(=O)/C(=C/c2ccc(OC)cc2OC)SC1=Nc1ccc(Cl)c(Cl)c1. The van der Waals surface area contributed by atoms with Crippen molar-refractivity contribution in [1.29, 1.82) is 0 Å². The predicted molar refractivity (Wildman–Crippen MR) is 121 cm³/mol. The monoisotopic (exact) mass is 448 g/mol. The topological polar surface area (TPSA) is 51.1 Å². The molecule has 0 N–H and O–H groups in total. The van der Waals surface area contributed by atoms with Crippen LogP contribution in [0.3, 0.4) is 0 Å². The van der Waals surface area contributed by atoms with E-state index in [1.807, 2.05) is 12.1 Å². The summed E-state index contributed by atoms with van der Waals surface area (Å²) in [5.74, 6) is 1.12. The van der Waals surface area contributed by atoms with Crippen LogP contribution in [0.1, 0.15) is 5.56 Å². The van der Waals surface area contributed by atoms with E-state index >= 15 is 0 Å². The van der Waals surface area contributed by atoms with Crippen LogP contribution in [0.15, 0.2) is 59.0 Å². The number of benzene rings is 2. The number of hydrogen-bond donors (Lipinski definition) is 0. The Bertz CT molecular complexity index is 1020. The van der Waals surface area contributed by atoms with Crippen molar-refractivity contribution in [2.45, 2.75) is 0 Å². The summed E-state index contributed by atoms with van der Waals surface area (Å²) in [7, 11) is 3.16. The Morgan fingerprint density at radius 1 is 1.14 bits per heavy atom. The van der Waals surface area contributed by atoms with Crippen molar-refractivity contribution in [3.8, 4) is 11.5 Å². The number of rotatable bonds is 6. The number of aliphatic imine (C=N–C) groups is 1. The van der Waals surface area contributed by atoms with Gasteiger partial charge in [0, 0.05) is 18.2 Å². The molecule has 1 aliphatic rings. The zero-order valence-electron chi connectivity index (χ0n) is 15.8. The van der Waals surface area contributed by atoms with Gasteiger partial charge in [0.25, 0.3) is 5.91 Å². The lowest BCUT2D eigenvalue weighted by Gasteiger charge is -2.12. The zero-order valence-corrected chi connectivity index (χ0v) is 18.1. The van der Waals surface area contributed by atoms with Gasteiger partial charge in [0.1, 0.15) is 11.5 Å². The van der Waals surface area contributed by atoms with Gasteiger partial charge >= 0.3 is 0 Å². The highest BCUT2D eigenvalue weighted by Gasteiger charge is 2.32. The molecule has 2 aromatic rings. The van der Waals surface area contributed by atoms with Crippen LogP contribution in [-0.4, -0.2) is 36.7 Å². The molecule has 3 rings (SSSR count). The highest BCUT2D eigenvalue weighted by molar-refractivity contribution is 8.18. The Hall–Kier alpha value is -2.41. The second-order valence-corrected chi connectivity index (χ2v) is 7.74. The molecule has 0 atom stereocenters. The molecule has 0 saturated carbocycles. The van der Waals surface area contributed by atoms with Crippen LogP contribution < -0.4 is 9.47 Å². The molecular formula is C21H18Cl2N2O3S. The Balaban J connectivity index is 1.99. The van der Waals surface area contributed by atoms with Crippen molar-refractivity contribution in [2.75, 3.05) is 20.8 Å². The first-order chi connectivity index (χ1) is 14.0. The summed E-state index contributed by atoms with van der Waals surface area (Å²) in [6, 6.07) is 10.5.